The van der Waals surface area contributed by atoms with Gasteiger partial charge in [-0.25, -0.2) is 9.18 Å². The standard InChI is InChI=1S/C20H19FN2O3/c1-3-26-19(25)14-8-13(12-4-5-12)17-11(2)16(20(10-22)6-7-20)15(21)9-23(17)18(14)24/h8-9,12H,3-7H2,1-2H3. The van der Waals surface area contributed by atoms with Gasteiger partial charge in [-0.3, -0.25) is 9.20 Å². The van der Waals surface area contributed by atoms with Crippen LogP contribution in [0.5, 0.6) is 0 Å². The molecule has 0 atom stereocenters. The van der Waals surface area contributed by atoms with Gasteiger partial charge < -0.3 is 4.74 Å². The van der Waals surface area contributed by atoms with Gasteiger partial charge in [0.05, 0.1) is 23.6 Å². The first-order chi connectivity index (χ1) is 12.4. The Morgan fingerprint density at radius 3 is 2.69 bits per heavy atom. The van der Waals surface area contributed by atoms with Gasteiger partial charge >= 0.3 is 5.97 Å². The molecule has 6 heteroatoms. The van der Waals surface area contributed by atoms with Crippen LogP contribution in [0.4, 0.5) is 4.39 Å². The number of halogens is 1. The van der Waals surface area contributed by atoms with Gasteiger partial charge in [0.25, 0.3) is 5.56 Å². The van der Waals surface area contributed by atoms with E-state index in [0.29, 0.717) is 29.5 Å². The third kappa shape index (κ3) is 2.34. The predicted octanol–water partition coefficient (Wildman–Crippen LogP) is 3.36. The van der Waals surface area contributed by atoms with Crippen molar-refractivity contribution < 1.29 is 13.9 Å². The number of hydrogen-bond acceptors (Lipinski definition) is 4. The monoisotopic (exact) mass is 354 g/mol. The minimum absolute atomic E-state index is 0.0702. The molecule has 0 unspecified atom stereocenters. The lowest BCUT2D eigenvalue weighted by atomic mass is 9.91. The van der Waals surface area contributed by atoms with Crippen molar-refractivity contribution in [1.29, 1.82) is 5.26 Å². The summed E-state index contributed by atoms with van der Waals surface area (Å²) in [6.45, 7) is 3.60. The molecule has 2 aromatic heterocycles. The molecule has 2 aromatic rings. The lowest BCUT2D eigenvalue weighted by Crippen LogP contribution is -2.26. The van der Waals surface area contributed by atoms with E-state index < -0.39 is 22.8 Å². The largest absolute Gasteiger partial charge is 0.462 e. The molecule has 2 fully saturated rings. The predicted molar refractivity (Wildman–Crippen MR) is 92.8 cm³/mol. The molecular formula is C20H19FN2O3. The van der Waals surface area contributed by atoms with E-state index in [1.807, 2.05) is 0 Å². The fraction of sp³-hybridized carbons (Fsp3) is 0.450. The van der Waals surface area contributed by atoms with Gasteiger partial charge in [0.2, 0.25) is 0 Å². The zero-order chi connectivity index (χ0) is 18.6. The maximum Gasteiger partial charge on any atom is 0.343 e. The number of esters is 1. The van der Waals surface area contributed by atoms with Crippen LogP contribution >= 0.6 is 0 Å². The van der Waals surface area contributed by atoms with E-state index in [-0.39, 0.29) is 18.1 Å². The molecule has 2 heterocycles. The van der Waals surface area contributed by atoms with Crippen LogP contribution in [0.1, 0.15) is 65.6 Å². The Bertz CT molecular complexity index is 1040. The van der Waals surface area contributed by atoms with Gasteiger partial charge in [-0.2, -0.15) is 5.26 Å². The molecule has 0 amide bonds. The maximum atomic E-state index is 14.9. The summed E-state index contributed by atoms with van der Waals surface area (Å²) in [6, 6.07) is 3.84. The number of ether oxygens (including phenoxy) is 1. The Balaban J connectivity index is 2.06. The molecule has 0 bridgehead atoms. The second-order valence-corrected chi connectivity index (χ2v) is 7.20. The topological polar surface area (TPSA) is 71.6 Å². The average Bonchev–Trinajstić information content (AvgIpc) is 3.50. The molecule has 5 nitrogen and oxygen atoms in total. The number of fused-ring (bicyclic) bond motifs is 1. The minimum atomic E-state index is -0.785. The molecule has 2 saturated carbocycles. The Labute approximate surface area is 150 Å². The van der Waals surface area contributed by atoms with E-state index in [9.17, 15) is 19.2 Å². The summed E-state index contributed by atoms with van der Waals surface area (Å²) in [5.74, 6) is -1.02. The molecule has 0 aliphatic heterocycles. The van der Waals surface area contributed by atoms with E-state index in [4.69, 9.17) is 4.74 Å². The van der Waals surface area contributed by atoms with Gasteiger partial charge in [-0.05, 0) is 62.6 Å². The lowest BCUT2D eigenvalue weighted by Gasteiger charge is -2.18. The van der Waals surface area contributed by atoms with E-state index in [1.165, 1.54) is 4.40 Å². The molecule has 26 heavy (non-hydrogen) atoms. The van der Waals surface area contributed by atoms with E-state index in [1.54, 1.807) is 19.9 Å². The number of pyridine rings is 2. The zero-order valence-electron chi connectivity index (χ0n) is 14.8. The highest BCUT2D eigenvalue weighted by Crippen LogP contribution is 2.51. The van der Waals surface area contributed by atoms with Crippen LogP contribution in [-0.4, -0.2) is 17.0 Å². The van der Waals surface area contributed by atoms with Gasteiger partial charge in [0, 0.05) is 11.8 Å². The second kappa shape index (κ2) is 5.66. The average molecular weight is 354 g/mol. The first-order valence-electron chi connectivity index (χ1n) is 8.90. The summed E-state index contributed by atoms with van der Waals surface area (Å²) in [6.07, 6.45) is 4.31. The number of aryl methyl sites for hydroxylation is 1. The molecule has 2 aliphatic carbocycles. The molecule has 0 N–H and O–H groups in total. The Morgan fingerprint density at radius 1 is 1.46 bits per heavy atom. The molecule has 0 spiro atoms. The highest BCUT2D eigenvalue weighted by molar-refractivity contribution is 5.90. The number of rotatable bonds is 4. The van der Waals surface area contributed by atoms with Crippen molar-refractivity contribution in [2.24, 2.45) is 0 Å². The molecule has 0 radical (unpaired) electrons. The second-order valence-electron chi connectivity index (χ2n) is 7.20. The van der Waals surface area contributed by atoms with Crippen molar-refractivity contribution in [2.45, 2.75) is 50.9 Å². The maximum absolute atomic E-state index is 14.9. The Morgan fingerprint density at radius 2 is 2.15 bits per heavy atom. The van der Waals surface area contributed by atoms with Crippen LogP contribution in [0.2, 0.25) is 0 Å². The SMILES string of the molecule is CCOC(=O)c1cc(C2CC2)c2c(C)c(C3(C#N)CC3)c(F)cn2c1=O. The summed E-state index contributed by atoms with van der Waals surface area (Å²) in [4.78, 5) is 25.0. The zero-order valence-corrected chi connectivity index (χ0v) is 14.8. The fourth-order valence-corrected chi connectivity index (χ4v) is 3.84. The first-order valence-corrected chi connectivity index (χ1v) is 8.90. The summed E-state index contributed by atoms with van der Waals surface area (Å²) in [7, 11) is 0. The van der Waals surface area contributed by atoms with Gasteiger partial charge in [0.15, 0.2) is 0 Å². The van der Waals surface area contributed by atoms with Crippen LogP contribution in [0.3, 0.4) is 0 Å². The Hall–Kier alpha value is -2.68. The van der Waals surface area contributed by atoms with E-state index >= 15 is 0 Å². The summed E-state index contributed by atoms with van der Waals surface area (Å²) in [5.41, 5.74) is 1.07. The normalized spacial score (nSPS) is 17.8. The molecule has 4 rings (SSSR count). The van der Waals surface area contributed by atoms with Gasteiger partial charge in [-0.15, -0.1) is 0 Å². The number of nitrogens with zero attached hydrogens (tertiary/aromatic N) is 2. The molecule has 0 saturated heterocycles. The van der Waals surface area contributed by atoms with Crippen molar-refractivity contribution in [1.82, 2.24) is 4.40 Å². The third-order valence-electron chi connectivity index (χ3n) is 5.43. The number of carbonyl (C=O) groups excluding carboxylic acids is 1. The van der Waals surface area contributed by atoms with Crippen LogP contribution in [0.15, 0.2) is 17.1 Å². The van der Waals surface area contributed by atoms with E-state index in [0.717, 1.165) is 24.6 Å². The van der Waals surface area contributed by atoms with Crippen molar-refractivity contribution in [3.8, 4) is 6.07 Å². The third-order valence-corrected chi connectivity index (χ3v) is 5.43. The van der Waals surface area contributed by atoms with Crippen molar-refractivity contribution in [2.75, 3.05) is 6.61 Å². The summed E-state index contributed by atoms with van der Waals surface area (Å²) in [5, 5.41) is 9.51. The van der Waals surface area contributed by atoms with Crippen molar-refractivity contribution in [3.63, 3.8) is 0 Å². The van der Waals surface area contributed by atoms with Crippen LogP contribution in [-0.2, 0) is 10.2 Å². The smallest absolute Gasteiger partial charge is 0.343 e. The van der Waals surface area contributed by atoms with Crippen molar-refractivity contribution >= 4 is 11.5 Å². The summed E-state index contributed by atoms with van der Waals surface area (Å²) >= 11 is 0. The first kappa shape index (κ1) is 16.8. The highest BCUT2D eigenvalue weighted by atomic mass is 19.1. The number of carbonyl (C=O) groups is 1. The fourth-order valence-electron chi connectivity index (χ4n) is 3.84. The number of nitriles is 1. The minimum Gasteiger partial charge on any atom is -0.462 e. The number of hydrogen-bond donors (Lipinski definition) is 0. The number of aromatic nitrogens is 1. The highest BCUT2D eigenvalue weighted by Gasteiger charge is 2.48. The molecule has 2 aliphatic rings. The quantitative estimate of drug-likeness (QED) is 0.790. The Kier molecular flexibility index (Phi) is 3.65. The summed E-state index contributed by atoms with van der Waals surface area (Å²) < 4.78 is 21.1. The van der Waals surface area contributed by atoms with Gasteiger partial charge in [0.1, 0.15) is 11.4 Å². The van der Waals surface area contributed by atoms with Gasteiger partial charge in [-0.1, -0.05) is 0 Å². The molecular weight excluding hydrogens is 335 g/mol. The molecule has 0 aromatic carbocycles. The van der Waals surface area contributed by atoms with Crippen molar-refractivity contribution in [3.05, 3.63) is 50.7 Å². The molecule has 134 valence electrons. The van der Waals surface area contributed by atoms with E-state index in [2.05, 4.69) is 6.07 Å². The van der Waals surface area contributed by atoms with Crippen LogP contribution < -0.4 is 5.56 Å². The lowest BCUT2D eigenvalue weighted by molar-refractivity contribution is 0.0524. The van der Waals surface area contributed by atoms with Crippen LogP contribution in [0, 0.1) is 24.1 Å². The van der Waals surface area contributed by atoms with Crippen LogP contribution in [0.25, 0.3) is 5.52 Å².